The number of nitrogens with one attached hydrogen (secondary N) is 2. The SMILES string of the molecule is CCOC(=O)CN1CCN(NC(=O)C2(c3ccccc3)CCN(CCC3(c4ccc(Cl)c(Cl)c4)CCN(C(=O)c4cc(-c5nn[nH]n5)ccc4OC)C3)CC2)CC1. The smallest absolute Gasteiger partial charge is 0.320 e. The van der Waals surface area contributed by atoms with Crippen LogP contribution >= 0.6 is 23.2 Å². The third-order valence-electron chi connectivity index (χ3n) is 11.9. The molecule has 3 fully saturated rings. The summed E-state index contributed by atoms with van der Waals surface area (Å²) in [4.78, 5) is 47.0. The second-order valence-electron chi connectivity index (χ2n) is 15.1. The van der Waals surface area contributed by atoms with Crippen molar-refractivity contribution < 1.29 is 23.9 Å². The molecule has 2 N–H and O–H groups in total. The topological polar surface area (TPSA) is 149 Å². The number of rotatable bonds is 13. The van der Waals surface area contributed by atoms with Gasteiger partial charge >= 0.3 is 5.97 Å². The van der Waals surface area contributed by atoms with E-state index in [0.717, 1.165) is 43.6 Å². The molecule has 4 heterocycles. The third kappa shape index (κ3) is 8.95. The number of hydrogen-bond acceptors (Lipinski definition) is 11. The van der Waals surface area contributed by atoms with Crippen LogP contribution < -0.4 is 10.2 Å². The summed E-state index contributed by atoms with van der Waals surface area (Å²) in [7, 11) is 1.55. The van der Waals surface area contributed by atoms with Gasteiger partial charge in [0, 0.05) is 50.2 Å². The number of amides is 2. The first-order valence-corrected chi connectivity index (χ1v) is 20.3. The van der Waals surface area contributed by atoms with Gasteiger partial charge in [0.25, 0.3) is 5.91 Å². The van der Waals surface area contributed by atoms with Crippen LogP contribution in [-0.2, 0) is 25.2 Å². The number of hydrazine groups is 1. The molecule has 0 radical (unpaired) electrons. The average molecular weight is 819 g/mol. The normalized spacial score (nSPS) is 20.3. The molecule has 0 aliphatic carbocycles. The maximum Gasteiger partial charge on any atom is 0.320 e. The number of aromatic amines is 1. The molecule has 3 aliphatic heterocycles. The molecule has 14 nitrogen and oxygen atoms in total. The summed E-state index contributed by atoms with van der Waals surface area (Å²) in [5.41, 5.74) is 5.31. The number of ether oxygens (including phenoxy) is 2. The molecule has 3 aliphatic rings. The van der Waals surface area contributed by atoms with Gasteiger partial charge in [-0.15, -0.1) is 10.2 Å². The number of nitrogens with zero attached hydrogens (tertiary/aromatic N) is 7. The van der Waals surface area contributed by atoms with Crippen LogP contribution in [0.2, 0.25) is 10.0 Å². The number of halogens is 2. The number of H-pyrrole nitrogens is 1. The van der Waals surface area contributed by atoms with Gasteiger partial charge in [-0.2, -0.15) is 5.21 Å². The molecular weight excluding hydrogens is 769 g/mol. The van der Waals surface area contributed by atoms with Gasteiger partial charge in [-0.05, 0) is 98.9 Å². The van der Waals surface area contributed by atoms with E-state index in [1.165, 1.54) is 0 Å². The van der Waals surface area contributed by atoms with Gasteiger partial charge in [0.1, 0.15) is 5.75 Å². The molecule has 7 rings (SSSR count). The van der Waals surface area contributed by atoms with Gasteiger partial charge in [-0.1, -0.05) is 59.6 Å². The number of piperidine rings is 1. The van der Waals surface area contributed by atoms with E-state index < -0.39 is 5.41 Å². The number of methoxy groups -OCH3 is 1. The van der Waals surface area contributed by atoms with Crippen LogP contribution in [0.25, 0.3) is 11.4 Å². The van der Waals surface area contributed by atoms with Crippen molar-refractivity contribution in [1.29, 1.82) is 0 Å². The maximum absolute atomic E-state index is 14.3. The minimum Gasteiger partial charge on any atom is -0.496 e. The fraction of sp³-hybridized carbons (Fsp3) is 0.463. The Balaban J connectivity index is 1.04. The van der Waals surface area contributed by atoms with Crippen LogP contribution in [-0.4, -0.2) is 137 Å². The highest BCUT2D eigenvalue weighted by Crippen LogP contribution is 2.42. The minimum absolute atomic E-state index is 0.00301. The lowest BCUT2D eigenvalue weighted by Gasteiger charge is -2.43. The summed E-state index contributed by atoms with van der Waals surface area (Å²) < 4.78 is 10.7. The second-order valence-corrected chi connectivity index (χ2v) is 15.9. The predicted molar refractivity (Wildman–Crippen MR) is 216 cm³/mol. The summed E-state index contributed by atoms with van der Waals surface area (Å²) in [6.45, 7) is 8.25. The van der Waals surface area contributed by atoms with E-state index >= 15 is 0 Å². The molecule has 16 heteroatoms. The molecule has 57 heavy (non-hydrogen) atoms. The summed E-state index contributed by atoms with van der Waals surface area (Å²) in [5, 5.41) is 17.2. The molecule has 4 aromatic rings. The zero-order valence-corrected chi connectivity index (χ0v) is 33.9. The molecule has 3 aromatic carbocycles. The van der Waals surface area contributed by atoms with Crippen molar-refractivity contribution in [1.82, 2.24) is 45.8 Å². The zero-order chi connectivity index (χ0) is 40.0. The first-order valence-electron chi connectivity index (χ1n) is 19.5. The number of tetrazole rings is 1. The molecule has 1 unspecified atom stereocenters. The number of likely N-dealkylation sites (tertiary alicyclic amines) is 2. The van der Waals surface area contributed by atoms with E-state index in [-0.39, 0.29) is 29.7 Å². The third-order valence-corrected chi connectivity index (χ3v) is 12.6. The highest BCUT2D eigenvalue weighted by atomic mass is 35.5. The van der Waals surface area contributed by atoms with Crippen LogP contribution in [0.5, 0.6) is 5.75 Å². The molecule has 3 saturated heterocycles. The molecule has 0 saturated carbocycles. The average Bonchev–Trinajstić information content (AvgIpc) is 3.94. The molecule has 2 amide bonds. The van der Waals surface area contributed by atoms with E-state index in [1.54, 1.807) is 32.2 Å². The summed E-state index contributed by atoms with van der Waals surface area (Å²) in [6, 6.07) is 21.2. The zero-order valence-electron chi connectivity index (χ0n) is 32.4. The van der Waals surface area contributed by atoms with Crippen molar-refractivity contribution in [3.63, 3.8) is 0 Å². The second kappa shape index (κ2) is 17.9. The lowest BCUT2D eigenvalue weighted by Crippen LogP contribution is -2.59. The van der Waals surface area contributed by atoms with Gasteiger partial charge in [0.2, 0.25) is 11.7 Å². The van der Waals surface area contributed by atoms with Gasteiger partial charge in [-0.25, -0.2) is 5.01 Å². The van der Waals surface area contributed by atoms with Crippen LogP contribution in [0.15, 0.2) is 66.7 Å². The van der Waals surface area contributed by atoms with Gasteiger partial charge < -0.3 is 19.3 Å². The molecule has 302 valence electrons. The number of hydrogen-bond donors (Lipinski definition) is 2. The van der Waals surface area contributed by atoms with E-state index in [1.807, 2.05) is 46.3 Å². The molecule has 0 bridgehead atoms. The molecule has 1 atom stereocenters. The number of aromatic nitrogens is 4. The highest BCUT2D eigenvalue weighted by Gasteiger charge is 2.46. The Morgan fingerprint density at radius 3 is 2.32 bits per heavy atom. The molecule has 1 aromatic heterocycles. The Labute approximate surface area is 342 Å². The van der Waals surface area contributed by atoms with Crippen molar-refractivity contribution >= 4 is 41.0 Å². The highest BCUT2D eigenvalue weighted by molar-refractivity contribution is 6.42. The van der Waals surface area contributed by atoms with Crippen LogP contribution in [0.4, 0.5) is 0 Å². The van der Waals surface area contributed by atoms with E-state index in [0.29, 0.717) is 91.5 Å². The van der Waals surface area contributed by atoms with Crippen LogP contribution in [0.3, 0.4) is 0 Å². The van der Waals surface area contributed by atoms with Gasteiger partial charge in [0.15, 0.2) is 0 Å². The first kappa shape index (κ1) is 40.6. The monoisotopic (exact) mass is 817 g/mol. The van der Waals surface area contributed by atoms with E-state index in [9.17, 15) is 14.4 Å². The predicted octanol–water partition coefficient (Wildman–Crippen LogP) is 4.60. The summed E-state index contributed by atoms with van der Waals surface area (Å²) in [5.74, 6) is 0.490. The van der Waals surface area contributed by atoms with Gasteiger partial charge in [-0.3, -0.25) is 24.7 Å². The number of esters is 1. The van der Waals surface area contributed by atoms with Crippen molar-refractivity contribution in [3.8, 4) is 17.1 Å². The Morgan fingerprint density at radius 2 is 1.63 bits per heavy atom. The Kier molecular flexibility index (Phi) is 12.7. The Bertz CT molecular complexity index is 2020. The van der Waals surface area contributed by atoms with Crippen LogP contribution in [0.1, 0.15) is 54.1 Å². The standard InChI is InChI=1S/C41H49Cl2N9O5/c1-3-57-36(53)27-50-21-23-52(24-22-50)46-39(55)41(30-7-5-4-6-8-30)15-18-49(19-16-41)17-13-40(31-10-11-33(42)34(43)26-31)14-20-51(28-40)38(54)32-25-29(9-12-35(32)56-2)37-44-47-48-45-37/h4-12,25-26H,3,13-24,27-28H2,1-2H3,(H,46,55)(H,44,45,47,48). The number of carbonyl (C=O) groups is 3. The first-order chi connectivity index (χ1) is 27.6. The van der Waals surface area contributed by atoms with Crippen molar-refractivity contribution in [2.24, 2.45) is 0 Å². The number of carbonyl (C=O) groups excluding carboxylic acids is 3. The van der Waals surface area contributed by atoms with Crippen LogP contribution in [0, 0.1) is 0 Å². The van der Waals surface area contributed by atoms with Crippen molar-refractivity contribution in [3.05, 3.63) is 93.5 Å². The van der Waals surface area contributed by atoms with E-state index in [2.05, 4.69) is 48.0 Å². The number of benzene rings is 3. The van der Waals surface area contributed by atoms with Crippen molar-refractivity contribution in [2.45, 2.75) is 43.4 Å². The minimum atomic E-state index is -0.688. The summed E-state index contributed by atoms with van der Waals surface area (Å²) >= 11 is 13.0. The molecular formula is C41H49Cl2N9O5. The number of piperazine rings is 1. The largest absolute Gasteiger partial charge is 0.496 e. The maximum atomic E-state index is 14.3. The lowest BCUT2D eigenvalue weighted by atomic mass is 9.71. The fourth-order valence-electron chi connectivity index (χ4n) is 8.52. The van der Waals surface area contributed by atoms with Crippen molar-refractivity contribution in [2.75, 3.05) is 79.2 Å². The van der Waals surface area contributed by atoms with E-state index in [4.69, 9.17) is 32.7 Å². The lowest BCUT2D eigenvalue weighted by molar-refractivity contribution is -0.145. The molecule has 0 spiro atoms. The quantitative estimate of drug-likeness (QED) is 0.183. The fourth-order valence-corrected chi connectivity index (χ4v) is 8.81. The van der Waals surface area contributed by atoms with Gasteiger partial charge in [0.05, 0.1) is 41.3 Å². The Hall–Kier alpha value is -4.60. The Morgan fingerprint density at radius 1 is 0.860 bits per heavy atom. The summed E-state index contributed by atoms with van der Waals surface area (Å²) in [6.07, 6.45) is 2.83.